The van der Waals surface area contributed by atoms with Crippen molar-refractivity contribution in [1.82, 2.24) is 5.32 Å². The molecule has 0 fully saturated rings. The monoisotopic (exact) mass is 390 g/mol. The second-order valence-electron chi connectivity index (χ2n) is 6.89. The summed E-state index contributed by atoms with van der Waals surface area (Å²) in [7, 11) is 1.70. The maximum atomic E-state index is 12.4. The van der Waals surface area contributed by atoms with Gasteiger partial charge in [-0.25, -0.2) is 4.79 Å². The largest absolute Gasteiger partial charge is 0.422 e. The van der Waals surface area contributed by atoms with Gasteiger partial charge in [0.1, 0.15) is 11.1 Å². The summed E-state index contributed by atoms with van der Waals surface area (Å²) in [6.45, 7) is 0.0832. The van der Waals surface area contributed by atoms with E-state index in [0.717, 1.165) is 11.3 Å². The summed E-state index contributed by atoms with van der Waals surface area (Å²) >= 11 is 0. The first-order chi connectivity index (χ1) is 13.9. The first-order valence-electron chi connectivity index (χ1n) is 9.18. The maximum Gasteiger partial charge on any atom is 0.349 e. The molecule has 0 aliphatic carbocycles. The first kappa shape index (κ1) is 18.6. The molecule has 2 aromatic carbocycles. The number of para-hydroxylation sites is 1. The molecule has 146 valence electrons. The lowest BCUT2D eigenvalue weighted by Gasteiger charge is -2.10. The molecule has 0 saturated carbocycles. The molecule has 0 atom stereocenters. The Kier molecular flexibility index (Phi) is 4.72. The van der Waals surface area contributed by atoms with Crippen molar-refractivity contribution in [3.05, 3.63) is 75.6 Å². The highest BCUT2D eigenvalue weighted by Crippen LogP contribution is 2.28. The minimum absolute atomic E-state index is 0.00826. The number of ketones is 1. The standard InChI is InChI=1S/C22H18N2O5/c1-24-17-7-6-13(10-15(17)12-20(24)26)18(25)8-9-23-21(27)16-11-14-4-2-3-5-19(14)29-22(16)28/h2-7,10-11H,8-9,12H2,1H3,(H,23,27). The summed E-state index contributed by atoms with van der Waals surface area (Å²) < 4.78 is 5.16. The van der Waals surface area contributed by atoms with Crippen LogP contribution in [0.15, 0.2) is 57.7 Å². The lowest BCUT2D eigenvalue weighted by atomic mass is 10.0. The Morgan fingerprint density at radius 3 is 2.72 bits per heavy atom. The summed E-state index contributed by atoms with van der Waals surface area (Å²) in [5, 5.41) is 3.23. The van der Waals surface area contributed by atoms with Crippen LogP contribution < -0.4 is 15.8 Å². The van der Waals surface area contributed by atoms with Crippen molar-refractivity contribution in [2.75, 3.05) is 18.5 Å². The zero-order valence-corrected chi connectivity index (χ0v) is 15.7. The van der Waals surface area contributed by atoms with Gasteiger partial charge < -0.3 is 14.6 Å². The van der Waals surface area contributed by atoms with Crippen molar-refractivity contribution >= 4 is 34.3 Å². The molecule has 2 heterocycles. The van der Waals surface area contributed by atoms with Crippen molar-refractivity contribution in [3.8, 4) is 0 Å². The van der Waals surface area contributed by atoms with E-state index in [0.29, 0.717) is 16.5 Å². The Morgan fingerprint density at radius 2 is 1.90 bits per heavy atom. The second kappa shape index (κ2) is 7.35. The van der Waals surface area contributed by atoms with Gasteiger partial charge in [-0.2, -0.15) is 0 Å². The average molecular weight is 390 g/mol. The van der Waals surface area contributed by atoms with Crippen LogP contribution in [0, 0.1) is 0 Å². The molecule has 4 rings (SSSR count). The Labute approximate surface area is 165 Å². The highest BCUT2D eigenvalue weighted by molar-refractivity contribution is 6.03. The number of Topliss-reactive ketones (excluding diaryl/α,β-unsaturated/α-hetero) is 1. The zero-order valence-electron chi connectivity index (χ0n) is 15.7. The molecular weight excluding hydrogens is 372 g/mol. The van der Waals surface area contributed by atoms with Crippen LogP contribution in [0.3, 0.4) is 0 Å². The van der Waals surface area contributed by atoms with E-state index in [1.807, 2.05) is 0 Å². The number of hydrogen-bond acceptors (Lipinski definition) is 5. The second-order valence-corrected chi connectivity index (χ2v) is 6.89. The van der Waals surface area contributed by atoms with Crippen molar-refractivity contribution in [1.29, 1.82) is 0 Å². The van der Waals surface area contributed by atoms with Gasteiger partial charge in [0.2, 0.25) is 5.91 Å². The molecular formula is C22H18N2O5. The van der Waals surface area contributed by atoms with Crippen molar-refractivity contribution in [3.63, 3.8) is 0 Å². The number of fused-ring (bicyclic) bond motifs is 2. The quantitative estimate of drug-likeness (QED) is 0.533. The molecule has 1 aliphatic heterocycles. The number of benzene rings is 2. The molecule has 7 nitrogen and oxygen atoms in total. The van der Waals surface area contributed by atoms with E-state index in [1.165, 1.54) is 6.07 Å². The molecule has 0 bridgehead atoms. The number of nitrogens with one attached hydrogen (secondary N) is 1. The molecule has 0 saturated heterocycles. The zero-order chi connectivity index (χ0) is 20.5. The third-order valence-corrected chi connectivity index (χ3v) is 5.00. The van der Waals surface area contributed by atoms with Crippen molar-refractivity contribution < 1.29 is 18.8 Å². The lowest BCUT2D eigenvalue weighted by Crippen LogP contribution is -2.30. The van der Waals surface area contributed by atoms with Crippen LogP contribution in [0.2, 0.25) is 0 Å². The maximum absolute atomic E-state index is 12.4. The molecule has 2 amide bonds. The fourth-order valence-electron chi connectivity index (χ4n) is 3.39. The highest BCUT2D eigenvalue weighted by Gasteiger charge is 2.24. The Morgan fingerprint density at radius 1 is 1.10 bits per heavy atom. The van der Waals surface area contributed by atoms with Gasteiger partial charge in [0.25, 0.3) is 5.91 Å². The fourth-order valence-corrected chi connectivity index (χ4v) is 3.39. The molecule has 0 spiro atoms. The van der Waals surface area contributed by atoms with Crippen molar-refractivity contribution in [2.24, 2.45) is 0 Å². The molecule has 0 unspecified atom stereocenters. The van der Waals surface area contributed by atoms with Crippen LogP contribution in [0.1, 0.15) is 32.7 Å². The molecule has 1 N–H and O–H groups in total. The average Bonchev–Trinajstić information content (AvgIpc) is 3.00. The molecule has 0 radical (unpaired) electrons. The van der Waals surface area contributed by atoms with Gasteiger partial charge in [0, 0.05) is 36.7 Å². The smallest absolute Gasteiger partial charge is 0.349 e. The van der Waals surface area contributed by atoms with Gasteiger partial charge in [0.05, 0.1) is 6.42 Å². The van der Waals surface area contributed by atoms with Crippen molar-refractivity contribution in [2.45, 2.75) is 12.8 Å². The minimum Gasteiger partial charge on any atom is -0.422 e. The lowest BCUT2D eigenvalue weighted by molar-refractivity contribution is -0.117. The van der Waals surface area contributed by atoms with E-state index in [9.17, 15) is 19.2 Å². The van der Waals surface area contributed by atoms with Gasteiger partial charge in [-0.15, -0.1) is 0 Å². The van der Waals surface area contributed by atoms with E-state index in [4.69, 9.17) is 4.42 Å². The third kappa shape index (κ3) is 3.54. The Bertz CT molecular complexity index is 1210. The number of hydrogen-bond donors (Lipinski definition) is 1. The van der Waals surface area contributed by atoms with Crippen LogP contribution >= 0.6 is 0 Å². The predicted octanol–water partition coefficient (Wildman–Crippen LogP) is 2.31. The third-order valence-electron chi connectivity index (χ3n) is 5.00. The number of carbonyl (C=O) groups excluding carboxylic acids is 3. The molecule has 7 heteroatoms. The topological polar surface area (TPSA) is 96.7 Å². The van der Waals surface area contributed by atoms with Crippen LogP contribution in [0.25, 0.3) is 11.0 Å². The van der Waals surface area contributed by atoms with E-state index >= 15 is 0 Å². The van der Waals surface area contributed by atoms with E-state index in [2.05, 4.69) is 5.32 Å². The summed E-state index contributed by atoms with van der Waals surface area (Å²) in [6.07, 6.45) is 0.356. The van der Waals surface area contributed by atoms with E-state index in [1.54, 1.807) is 54.4 Å². The first-order valence-corrected chi connectivity index (χ1v) is 9.18. The number of rotatable bonds is 5. The molecule has 29 heavy (non-hydrogen) atoms. The van der Waals surface area contributed by atoms with Crippen LogP contribution in [-0.2, 0) is 11.2 Å². The number of amides is 2. The van der Waals surface area contributed by atoms with Gasteiger partial charge in [-0.05, 0) is 35.9 Å². The van der Waals surface area contributed by atoms with E-state index in [-0.39, 0.29) is 36.6 Å². The minimum atomic E-state index is -0.722. The predicted molar refractivity (Wildman–Crippen MR) is 107 cm³/mol. The van der Waals surface area contributed by atoms with Crippen LogP contribution in [0.5, 0.6) is 0 Å². The summed E-state index contributed by atoms with van der Waals surface area (Å²) in [5.74, 6) is -0.745. The number of nitrogens with zero attached hydrogens (tertiary/aromatic N) is 1. The summed E-state index contributed by atoms with van der Waals surface area (Å²) in [5.41, 5.74) is 1.70. The summed E-state index contributed by atoms with van der Waals surface area (Å²) in [4.78, 5) is 50.1. The van der Waals surface area contributed by atoms with Gasteiger partial charge in [-0.1, -0.05) is 18.2 Å². The van der Waals surface area contributed by atoms with E-state index < -0.39 is 11.5 Å². The molecule has 1 aromatic heterocycles. The normalized spacial score (nSPS) is 12.9. The number of likely N-dealkylation sites (N-methyl/N-ethyl adjacent to an activating group) is 1. The van der Waals surface area contributed by atoms with Gasteiger partial charge in [-0.3, -0.25) is 14.4 Å². The Balaban J connectivity index is 1.40. The number of carbonyl (C=O) groups is 3. The van der Waals surface area contributed by atoms with Crippen LogP contribution in [-0.4, -0.2) is 31.2 Å². The SMILES string of the molecule is CN1C(=O)Cc2cc(C(=O)CCNC(=O)c3cc4ccccc4oc3=O)ccc21. The van der Waals surface area contributed by atoms with Gasteiger partial charge in [0.15, 0.2) is 5.78 Å². The van der Waals surface area contributed by atoms with Crippen LogP contribution in [0.4, 0.5) is 5.69 Å². The molecule has 3 aromatic rings. The summed E-state index contributed by atoms with van der Waals surface area (Å²) in [6, 6.07) is 13.6. The fraction of sp³-hybridized carbons (Fsp3) is 0.182. The Hall–Kier alpha value is -3.74. The van der Waals surface area contributed by atoms with Gasteiger partial charge >= 0.3 is 5.63 Å². The molecule has 1 aliphatic rings. The number of anilines is 1. The highest BCUT2D eigenvalue weighted by atomic mass is 16.4.